The van der Waals surface area contributed by atoms with Crippen LogP contribution in [-0.2, 0) is 4.74 Å². The maximum Gasteiger partial charge on any atom is 0.338 e. The number of pyridine rings is 1. The van der Waals surface area contributed by atoms with Crippen LogP contribution < -0.4 is 5.32 Å². The monoisotopic (exact) mass is 405 g/mol. The summed E-state index contributed by atoms with van der Waals surface area (Å²) in [6.07, 6.45) is 3.23. The van der Waals surface area contributed by atoms with Crippen molar-refractivity contribution < 1.29 is 19.2 Å². The molecule has 1 amide bonds. The number of benzene rings is 2. The molecule has 0 radical (unpaired) electrons. The van der Waals surface area contributed by atoms with Gasteiger partial charge in [-0.05, 0) is 36.2 Å². The molecule has 2 aromatic carbocycles. The third-order valence-corrected chi connectivity index (χ3v) is 4.35. The molecule has 30 heavy (non-hydrogen) atoms. The number of esters is 1. The second kappa shape index (κ2) is 9.42. The summed E-state index contributed by atoms with van der Waals surface area (Å²) in [5, 5.41) is 14.2. The highest BCUT2D eigenvalue weighted by Crippen LogP contribution is 2.23. The highest BCUT2D eigenvalue weighted by atomic mass is 16.6. The van der Waals surface area contributed by atoms with E-state index in [2.05, 4.69) is 10.3 Å². The standard InChI is InChI=1S/C22H19N3O5/c1-2-30-22(27)18-12-17(13-19(14-18)25(28)29)21(26)24-20(15-6-4-3-5-7-15)16-8-10-23-11-9-16/h3-14,20H,2H2,1H3,(H,24,26). The van der Waals surface area contributed by atoms with Crippen molar-refractivity contribution >= 4 is 17.6 Å². The molecule has 1 aromatic heterocycles. The van der Waals surface area contributed by atoms with Gasteiger partial charge in [-0.15, -0.1) is 0 Å². The third kappa shape index (κ3) is 4.85. The first kappa shape index (κ1) is 20.7. The van der Waals surface area contributed by atoms with Crippen LogP contribution in [0.2, 0.25) is 0 Å². The Labute approximate surface area is 172 Å². The van der Waals surface area contributed by atoms with Crippen LogP contribution in [0, 0.1) is 10.1 Å². The summed E-state index contributed by atoms with van der Waals surface area (Å²) in [6.45, 7) is 1.74. The quantitative estimate of drug-likeness (QED) is 0.365. The molecular weight excluding hydrogens is 386 g/mol. The number of hydrogen-bond acceptors (Lipinski definition) is 6. The van der Waals surface area contributed by atoms with Gasteiger partial charge in [-0.2, -0.15) is 0 Å². The van der Waals surface area contributed by atoms with Crippen LogP contribution in [-0.4, -0.2) is 28.4 Å². The first-order valence-electron chi connectivity index (χ1n) is 9.22. The van der Waals surface area contributed by atoms with Crippen molar-refractivity contribution in [2.75, 3.05) is 6.61 Å². The Hall–Kier alpha value is -4.07. The van der Waals surface area contributed by atoms with Crippen molar-refractivity contribution in [1.82, 2.24) is 10.3 Å². The predicted molar refractivity (Wildman–Crippen MR) is 109 cm³/mol. The van der Waals surface area contributed by atoms with Crippen LogP contribution >= 0.6 is 0 Å². The largest absolute Gasteiger partial charge is 0.462 e. The van der Waals surface area contributed by atoms with E-state index in [4.69, 9.17) is 4.74 Å². The van der Waals surface area contributed by atoms with E-state index in [9.17, 15) is 19.7 Å². The van der Waals surface area contributed by atoms with Gasteiger partial charge in [0.15, 0.2) is 0 Å². The molecule has 8 heteroatoms. The molecule has 0 saturated carbocycles. The summed E-state index contributed by atoms with van der Waals surface area (Å²) >= 11 is 0. The minimum atomic E-state index is -0.732. The fraction of sp³-hybridized carbons (Fsp3) is 0.136. The van der Waals surface area contributed by atoms with Crippen molar-refractivity contribution in [2.24, 2.45) is 0 Å². The predicted octanol–water partition coefficient (Wildman–Crippen LogP) is 3.69. The summed E-state index contributed by atoms with van der Waals surface area (Å²) < 4.78 is 4.92. The molecule has 3 aromatic rings. The fourth-order valence-electron chi connectivity index (χ4n) is 2.95. The molecule has 0 spiro atoms. The highest BCUT2D eigenvalue weighted by molar-refractivity contribution is 5.99. The second-order valence-corrected chi connectivity index (χ2v) is 6.34. The van der Waals surface area contributed by atoms with Gasteiger partial charge in [0.05, 0.1) is 23.1 Å². The van der Waals surface area contributed by atoms with E-state index in [1.54, 1.807) is 31.5 Å². The van der Waals surface area contributed by atoms with Crippen LogP contribution in [0.25, 0.3) is 0 Å². The molecule has 152 valence electrons. The normalized spacial score (nSPS) is 11.4. The van der Waals surface area contributed by atoms with Gasteiger partial charge in [-0.1, -0.05) is 30.3 Å². The van der Waals surface area contributed by atoms with E-state index in [0.29, 0.717) is 0 Å². The van der Waals surface area contributed by atoms with E-state index in [0.717, 1.165) is 23.3 Å². The Morgan fingerprint density at radius 2 is 1.67 bits per heavy atom. The molecule has 0 fully saturated rings. The summed E-state index contributed by atoms with van der Waals surface area (Å²) in [7, 11) is 0. The van der Waals surface area contributed by atoms with Gasteiger partial charge < -0.3 is 10.1 Å². The minimum absolute atomic E-state index is 0.0118. The third-order valence-electron chi connectivity index (χ3n) is 4.35. The van der Waals surface area contributed by atoms with E-state index in [1.165, 1.54) is 6.07 Å². The summed E-state index contributed by atoms with van der Waals surface area (Å²) in [5.74, 6) is -1.29. The van der Waals surface area contributed by atoms with Crippen molar-refractivity contribution in [3.63, 3.8) is 0 Å². The molecule has 0 aliphatic heterocycles. The molecule has 8 nitrogen and oxygen atoms in total. The van der Waals surface area contributed by atoms with Gasteiger partial charge in [-0.25, -0.2) is 4.79 Å². The minimum Gasteiger partial charge on any atom is -0.462 e. The number of rotatable bonds is 7. The number of non-ortho nitro benzene ring substituents is 1. The molecule has 1 unspecified atom stereocenters. The van der Waals surface area contributed by atoms with E-state index >= 15 is 0 Å². The lowest BCUT2D eigenvalue weighted by molar-refractivity contribution is -0.384. The number of aromatic nitrogens is 1. The first-order chi connectivity index (χ1) is 14.5. The zero-order valence-corrected chi connectivity index (χ0v) is 16.1. The summed E-state index contributed by atoms with van der Waals surface area (Å²) in [5.41, 5.74) is 1.18. The molecule has 0 aliphatic carbocycles. The van der Waals surface area contributed by atoms with Crippen molar-refractivity contribution in [1.29, 1.82) is 0 Å². The van der Waals surface area contributed by atoms with Crippen LogP contribution in [0.1, 0.15) is 44.8 Å². The molecule has 1 N–H and O–H groups in total. The van der Waals surface area contributed by atoms with E-state index in [-0.39, 0.29) is 23.4 Å². The van der Waals surface area contributed by atoms with E-state index < -0.39 is 22.8 Å². The molecule has 1 atom stereocenters. The van der Waals surface area contributed by atoms with Gasteiger partial charge in [-0.3, -0.25) is 19.9 Å². The Morgan fingerprint density at radius 3 is 2.30 bits per heavy atom. The Kier molecular flexibility index (Phi) is 6.49. The van der Waals surface area contributed by atoms with Crippen molar-refractivity contribution in [3.05, 3.63) is 105 Å². The number of amides is 1. The van der Waals surface area contributed by atoms with Gasteiger partial charge in [0.2, 0.25) is 0 Å². The maximum absolute atomic E-state index is 13.0. The maximum atomic E-state index is 13.0. The number of hydrogen-bond donors (Lipinski definition) is 1. The fourth-order valence-corrected chi connectivity index (χ4v) is 2.95. The van der Waals surface area contributed by atoms with Crippen molar-refractivity contribution in [2.45, 2.75) is 13.0 Å². The Morgan fingerprint density at radius 1 is 1.03 bits per heavy atom. The number of nitrogens with zero attached hydrogens (tertiary/aromatic N) is 2. The van der Waals surface area contributed by atoms with Crippen LogP contribution in [0.4, 0.5) is 5.69 Å². The average Bonchev–Trinajstić information content (AvgIpc) is 2.78. The average molecular weight is 405 g/mol. The smallest absolute Gasteiger partial charge is 0.338 e. The number of carbonyl (C=O) groups excluding carboxylic acids is 2. The van der Waals surface area contributed by atoms with Gasteiger partial charge in [0, 0.05) is 30.1 Å². The van der Waals surface area contributed by atoms with Gasteiger partial charge in [0.1, 0.15) is 0 Å². The number of nitro groups is 1. The summed E-state index contributed by atoms with van der Waals surface area (Å²) in [4.78, 5) is 39.7. The number of nitrogens with one attached hydrogen (secondary N) is 1. The number of carbonyl (C=O) groups is 2. The topological polar surface area (TPSA) is 111 Å². The molecule has 0 saturated heterocycles. The SMILES string of the molecule is CCOC(=O)c1cc(C(=O)NC(c2ccccc2)c2ccncc2)cc([N+](=O)[O-])c1. The van der Waals surface area contributed by atoms with Crippen LogP contribution in [0.5, 0.6) is 0 Å². The van der Waals surface area contributed by atoms with E-state index in [1.807, 2.05) is 30.3 Å². The zero-order chi connectivity index (χ0) is 21.5. The molecule has 0 aliphatic rings. The molecule has 0 bridgehead atoms. The second-order valence-electron chi connectivity index (χ2n) is 6.34. The Bertz CT molecular complexity index is 1020. The van der Waals surface area contributed by atoms with Crippen molar-refractivity contribution in [3.8, 4) is 0 Å². The molecule has 3 rings (SSSR count). The lowest BCUT2D eigenvalue weighted by Gasteiger charge is -2.20. The molecular formula is C22H19N3O5. The summed E-state index contributed by atoms with van der Waals surface area (Å²) in [6, 6.07) is 15.8. The Balaban J connectivity index is 1.98. The lowest BCUT2D eigenvalue weighted by Crippen LogP contribution is -2.29. The molecule has 1 heterocycles. The van der Waals surface area contributed by atoms with Gasteiger partial charge >= 0.3 is 5.97 Å². The highest BCUT2D eigenvalue weighted by Gasteiger charge is 2.22. The zero-order valence-electron chi connectivity index (χ0n) is 16.1. The van der Waals surface area contributed by atoms with Crippen LogP contribution in [0.3, 0.4) is 0 Å². The first-order valence-corrected chi connectivity index (χ1v) is 9.22. The van der Waals surface area contributed by atoms with Crippen LogP contribution in [0.15, 0.2) is 73.1 Å². The van der Waals surface area contributed by atoms with Gasteiger partial charge in [0.25, 0.3) is 11.6 Å². The number of nitro benzene ring substituents is 1. The lowest BCUT2D eigenvalue weighted by atomic mass is 9.99. The number of ether oxygens (including phenoxy) is 1.